The predicted molar refractivity (Wildman–Crippen MR) is 116 cm³/mol. The van der Waals surface area contributed by atoms with Crippen molar-refractivity contribution >= 4 is 41.2 Å². The molecule has 7 heteroatoms. The molecule has 0 bridgehead atoms. The van der Waals surface area contributed by atoms with E-state index in [0.29, 0.717) is 33.8 Å². The zero-order valence-electron chi connectivity index (χ0n) is 16.1. The zero-order chi connectivity index (χ0) is 22.0. The molecule has 1 aliphatic heterocycles. The van der Waals surface area contributed by atoms with Crippen LogP contribution >= 0.6 is 11.6 Å². The summed E-state index contributed by atoms with van der Waals surface area (Å²) in [6.45, 7) is 0. The van der Waals surface area contributed by atoms with Crippen molar-refractivity contribution in [2.24, 2.45) is 0 Å². The van der Waals surface area contributed by atoms with E-state index in [2.05, 4.69) is 5.32 Å². The number of anilines is 1. The number of benzene rings is 3. The first-order chi connectivity index (χ1) is 14.9. The molecule has 0 unspecified atom stereocenters. The third kappa shape index (κ3) is 4.25. The highest BCUT2D eigenvalue weighted by Crippen LogP contribution is 2.25. The lowest BCUT2D eigenvalue weighted by molar-refractivity contribution is -0.122. The average Bonchev–Trinajstić information content (AvgIpc) is 2.75. The Kier molecular flexibility index (Phi) is 5.64. The number of carbonyl (C=O) groups is 3. The maximum absolute atomic E-state index is 13.9. The third-order valence-electron chi connectivity index (χ3n) is 4.84. The van der Waals surface area contributed by atoms with Crippen molar-refractivity contribution in [2.45, 2.75) is 6.42 Å². The minimum absolute atomic E-state index is 0.193. The van der Waals surface area contributed by atoms with Crippen molar-refractivity contribution in [3.63, 3.8) is 0 Å². The van der Waals surface area contributed by atoms with Crippen LogP contribution in [0.5, 0.6) is 0 Å². The van der Waals surface area contributed by atoms with Gasteiger partial charge in [-0.3, -0.25) is 14.9 Å². The number of para-hydroxylation sites is 1. The van der Waals surface area contributed by atoms with Gasteiger partial charge in [0.2, 0.25) is 0 Å². The molecular weight excluding hydrogens is 419 g/mol. The highest BCUT2D eigenvalue weighted by atomic mass is 35.5. The molecule has 0 aromatic heterocycles. The molecular formula is C24H16ClFN2O3. The van der Waals surface area contributed by atoms with E-state index in [1.807, 2.05) is 0 Å². The van der Waals surface area contributed by atoms with Gasteiger partial charge in [-0.2, -0.15) is 0 Å². The average molecular weight is 435 g/mol. The van der Waals surface area contributed by atoms with Crippen LogP contribution in [0.15, 0.2) is 78.4 Å². The largest absolute Gasteiger partial charge is 0.335 e. The van der Waals surface area contributed by atoms with E-state index in [1.54, 1.807) is 66.7 Å². The molecule has 4 amide bonds. The highest BCUT2D eigenvalue weighted by molar-refractivity contribution is 6.39. The normalized spacial score (nSPS) is 15.4. The van der Waals surface area contributed by atoms with Crippen molar-refractivity contribution in [1.82, 2.24) is 5.32 Å². The molecule has 0 radical (unpaired) electrons. The smallest absolute Gasteiger partial charge is 0.273 e. The summed E-state index contributed by atoms with van der Waals surface area (Å²) in [6.07, 6.45) is 1.68. The fraction of sp³-hybridized carbons (Fsp3) is 0.0417. The van der Waals surface area contributed by atoms with E-state index in [9.17, 15) is 18.8 Å². The van der Waals surface area contributed by atoms with E-state index < -0.39 is 17.8 Å². The lowest BCUT2D eigenvalue weighted by Crippen LogP contribution is -2.54. The topological polar surface area (TPSA) is 66.5 Å². The Hall–Kier alpha value is -3.77. The lowest BCUT2D eigenvalue weighted by Gasteiger charge is -2.26. The summed E-state index contributed by atoms with van der Waals surface area (Å²) < 4.78 is 13.9. The second kappa shape index (κ2) is 8.53. The molecule has 5 nitrogen and oxygen atoms in total. The van der Waals surface area contributed by atoms with Gasteiger partial charge in [-0.05, 0) is 47.0 Å². The summed E-state index contributed by atoms with van der Waals surface area (Å²) in [7, 11) is 0. The van der Waals surface area contributed by atoms with Gasteiger partial charge in [-0.15, -0.1) is 0 Å². The number of carbonyl (C=O) groups excluding carboxylic acids is 3. The van der Waals surface area contributed by atoms with E-state index in [-0.39, 0.29) is 11.4 Å². The van der Waals surface area contributed by atoms with Gasteiger partial charge >= 0.3 is 6.03 Å². The van der Waals surface area contributed by atoms with Gasteiger partial charge in [0.15, 0.2) is 0 Å². The van der Waals surface area contributed by atoms with Crippen LogP contribution in [0.25, 0.3) is 6.08 Å². The Balaban J connectivity index is 1.63. The van der Waals surface area contributed by atoms with E-state index in [4.69, 9.17) is 11.6 Å². The summed E-state index contributed by atoms with van der Waals surface area (Å²) in [5.74, 6) is -1.83. The van der Waals surface area contributed by atoms with Gasteiger partial charge in [0.05, 0.1) is 5.69 Å². The molecule has 0 atom stereocenters. The van der Waals surface area contributed by atoms with Gasteiger partial charge in [0.25, 0.3) is 11.8 Å². The number of halogens is 2. The van der Waals surface area contributed by atoms with E-state index in [0.717, 1.165) is 4.90 Å². The standard InChI is InChI=1S/C24H16ClFN2O3/c25-20-13-15(10-11-16(20)14-17-6-4-5-9-21(17)26)12-19-22(29)27-24(31)28(23(19)30)18-7-2-1-3-8-18/h1-13H,14H2,(H,27,29,31)/b19-12+. The van der Waals surface area contributed by atoms with Crippen LogP contribution in [-0.4, -0.2) is 17.8 Å². The first-order valence-corrected chi connectivity index (χ1v) is 9.80. The second-order valence-corrected chi connectivity index (χ2v) is 7.32. The Morgan fingerprint density at radius 1 is 0.903 bits per heavy atom. The molecule has 1 saturated heterocycles. The molecule has 3 aromatic carbocycles. The number of amides is 4. The first-order valence-electron chi connectivity index (χ1n) is 9.42. The van der Waals surface area contributed by atoms with Crippen molar-refractivity contribution < 1.29 is 18.8 Å². The number of rotatable bonds is 4. The van der Waals surface area contributed by atoms with Crippen molar-refractivity contribution in [1.29, 1.82) is 0 Å². The molecule has 154 valence electrons. The molecule has 1 heterocycles. The van der Waals surface area contributed by atoms with Gasteiger partial charge in [-0.1, -0.05) is 60.1 Å². The molecule has 1 N–H and O–H groups in total. The zero-order valence-corrected chi connectivity index (χ0v) is 16.9. The van der Waals surface area contributed by atoms with Crippen molar-refractivity contribution in [3.05, 3.63) is 106 Å². The Morgan fingerprint density at radius 3 is 2.32 bits per heavy atom. The minimum atomic E-state index is -0.809. The van der Waals surface area contributed by atoms with Crippen LogP contribution in [0, 0.1) is 5.82 Å². The Bertz CT molecular complexity index is 1220. The number of imide groups is 2. The monoisotopic (exact) mass is 434 g/mol. The summed E-state index contributed by atoms with van der Waals surface area (Å²) in [5, 5.41) is 2.55. The third-order valence-corrected chi connectivity index (χ3v) is 5.19. The van der Waals surface area contributed by atoms with Crippen LogP contribution in [0.2, 0.25) is 5.02 Å². The number of nitrogens with zero attached hydrogens (tertiary/aromatic N) is 1. The van der Waals surface area contributed by atoms with Crippen LogP contribution in [0.4, 0.5) is 14.9 Å². The minimum Gasteiger partial charge on any atom is -0.273 e. The summed E-state index contributed by atoms with van der Waals surface area (Å²) in [4.78, 5) is 38.3. The SMILES string of the molecule is O=C1NC(=O)N(c2ccccc2)C(=O)/C1=C/c1ccc(Cc2ccccc2F)c(Cl)c1. The molecule has 0 spiro atoms. The van der Waals surface area contributed by atoms with Crippen LogP contribution in [0.3, 0.4) is 0 Å². The second-order valence-electron chi connectivity index (χ2n) is 6.91. The van der Waals surface area contributed by atoms with E-state index >= 15 is 0 Å². The van der Waals surface area contributed by atoms with Crippen LogP contribution in [0.1, 0.15) is 16.7 Å². The molecule has 0 saturated carbocycles. The summed E-state index contributed by atoms with van der Waals surface area (Å²) >= 11 is 6.37. The van der Waals surface area contributed by atoms with Gasteiger partial charge < -0.3 is 0 Å². The highest BCUT2D eigenvalue weighted by Gasteiger charge is 2.36. The van der Waals surface area contributed by atoms with E-state index in [1.165, 1.54) is 12.1 Å². The maximum atomic E-state index is 13.9. The molecule has 1 fully saturated rings. The van der Waals surface area contributed by atoms with Crippen LogP contribution in [-0.2, 0) is 16.0 Å². The van der Waals surface area contributed by atoms with Crippen molar-refractivity contribution in [2.75, 3.05) is 4.90 Å². The number of nitrogens with one attached hydrogen (secondary N) is 1. The number of urea groups is 1. The summed E-state index contributed by atoms with van der Waals surface area (Å²) in [5.41, 5.74) is 1.87. The predicted octanol–water partition coefficient (Wildman–Crippen LogP) is 4.74. The Labute approximate surface area is 182 Å². The van der Waals surface area contributed by atoms with Gasteiger partial charge in [0, 0.05) is 11.4 Å². The molecule has 4 rings (SSSR count). The fourth-order valence-corrected chi connectivity index (χ4v) is 3.54. The molecule has 31 heavy (non-hydrogen) atoms. The summed E-state index contributed by atoms with van der Waals surface area (Å²) in [6, 6.07) is 18.9. The van der Waals surface area contributed by atoms with Gasteiger partial charge in [0.1, 0.15) is 11.4 Å². The van der Waals surface area contributed by atoms with Gasteiger partial charge in [-0.25, -0.2) is 14.1 Å². The quantitative estimate of drug-likeness (QED) is 0.476. The molecule has 3 aromatic rings. The number of hydrogen-bond acceptors (Lipinski definition) is 3. The number of hydrogen-bond donors (Lipinski definition) is 1. The van der Waals surface area contributed by atoms with Crippen molar-refractivity contribution in [3.8, 4) is 0 Å². The lowest BCUT2D eigenvalue weighted by atomic mass is 10.0. The number of barbiturate groups is 1. The maximum Gasteiger partial charge on any atom is 0.335 e. The first kappa shape index (κ1) is 20.5. The van der Waals surface area contributed by atoms with Crippen LogP contribution < -0.4 is 10.2 Å². The fourth-order valence-electron chi connectivity index (χ4n) is 3.28. The Morgan fingerprint density at radius 2 is 1.61 bits per heavy atom. The molecule has 0 aliphatic carbocycles. The molecule has 1 aliphatic rings.